The lowest BCUT2D eigenvalue weighted by Crippen LogP contribution is -2.20. The van der Waals surface area contributed by atoms with Crippen molar-refractivity contribution < 1.29 is 23.4 Å². The van der Waals surface area contributed by atoms with Crippen molar-refractivity contribution in [2.45, 2.75) is 0 Å². The van der Waals surface area contributed by atoms with Crippen molar-refractivity contribution in [2.75, 3.05) is 26.6 Å². The molecule has 1 N–H and O–H groups in total. The highest BCUT2D eigenvalue weighted by atomic mass is 16.5. The highest BCUT2D eigenvalue weighted by molar-refractivity contribution is 6.06. The number of hydrogen-bond donors (Lipinski definition) is 1. The molecule has 4 rings (SSSR count). The number of methoxy groups -OCH3 is 3. The number of amides is 1. The molecule has 0 saturated carbocycles. The molecule has 1 aromatic heterocycles. The molecule has 1 amide bonds. The lowest BCUT2D eigenvalue weighted by atomic mass is 10.0. The Morgan fingerprint density at radius 2 is 1.62 bits per heavy atom. The maximum absolute atomic E-state index is 12.8. The minimum atomic E-state index is -0.743. The zero-order valence-electron chi connectivity index (χ0n) is 17.8. The van der Waals surface area contributed by atoms with Crippen LogP contribution >= 0.6 is 0 Å². The SMILES string of the molecule is COc1ccc(-c2cccc(NC(=O)c3cc4cccc(OC)c4oc3=O)c2)c(OC)c1. The first-order valence-electron chi connectivity index (χ1n) is 9.78. The fourth-order valence-corrected chi connectivity index (χ4v) is 3.44. The predicted octanol–water partition coefficient (Wildman–Crippen LogP) is 4.74. The molecule has 0 bridgehead atoms. The highest BCUT2D eigenvalue weighted by Gasteiger charge is 2.16. The van der Waals surface area contributed by atoms with Gasteiger partial charge in [0.25, 0.3) is 5.91 Å². The van der Waals surface area contributed by atoms with Gasteiger partial charge in [-0.05, 0) is 42.0 Å². The van der Waals surface area contributed by atoms with E-state index in [9.17, 15) is 9.59 Å². The number of fused-ring (bicyclic) bond motifs is 1. The van der Waals surface area contributed by atoms with E-state index in [0.717, 1.165) is 11.1 Å². The number of rotatable bonds is 6. The van der Waals surface area contributed by atoms with Crippen LogP contribution in [0.4, 0.5) is 5.69 Å². The summed E-state index contributed by atoms with van der Waals surface area (Å²) in [5, 5.41) is 3.36. The minimum absolute atomic E-state index is 0.0989. The average molecular weight is 431 g/mol. The van der Waals surface area contributed by atoms with Gasteiger partial charge >= 0.3 is 5.63 Å². The molecule has 0 radical (unpaired) electrons. The fourth-order valence-electron chi connectivity index (χ4n) is 3.44. The van der Waals surface area contributed by atoms with Crippen LogP contribution in [0.15, 0.2) is 75.9 Å². The van der Waals surface area contributed by atoms with Gasteiger partial charge in [-0.25, -0.2) is 4.79 Å². The van der Waals surface area contributed by atoms with Gasteiger partial charge in [-0.1, -0.05) is 24.3 Å². The van der Waals surface area contributed by atoms with Crippen molar-refractivity contribution in [1.82, 2.24) is 0 Å². The summed E-state index contributed by atoms with van der Waals surface area (Å²) < 4.78 is 21.3. The van der Waals surface area contributed by atoms with Gasteiger partial charge in [-0.15, -0.1) is 0 Å². The minimum Gasteiger partial charge on any atom is -0.497 e. The molecule has 7 heteroatoms. The van der Waals surface area contributed by atoms with Crippen LogP contribution in [0.3, 0.4) is 0 Å². The van der Waals surface area contributed by atoms with E-state index in [0.29, 0.717) is 33.9 Å². The van der Waals surface area contributed by atoms with Gasteiger partial charge in [-0.3, -0.25) is 4.79 Å². The van der Waals surface area contributed by atoms with Crippen molar-refractivity contribution in [3.63, 3.8) is 0 Å². The summed E-state index contributed by atoms with van der Waals surface area (Å²) in [5.41, 5.74) is 1.64. The fraction of sp³-hybridized carbons (Fsp3) is 0.120. The van der Waals surface area contributed by atoms with Gasteiger partial charge in [0.2, 0.25) is 0 Å². The van der Waals surface area contributed by atoms with Crippen molar-refractivity contribution in [1.29, 1.82) is 0 Å². The third-order valence-corrected chi connectivity index (χ3v) is 5.03. The predicted molar refractivity (Wildman–Crippen MR) is 122 cm³/mol. The lowest BCUT2D eigenvalue weighted by molar-refractivity contribution is 0.102. The van der Waals surface area contributed by atoms with Crippen molar-refractivity contribution in [3.05, 3.63) is 82.7 Å². The highest BCUT2D eigenvalue weighted by Crippen LogP contribution is 2.34. The molecule has 0 fully saturated rings. The Hall–Kier alpha value is -4.26. The Kier molecular flexibility index (Phi) is 5.81. The molecule has 0 aliphatic heterocycles. The standard InChI is InChI=1S/C25H21NO6/c1-29-18-10-11-19(22(14-18)31-3)15-6-4-8-17(12-15)26-24(27)20-13-16-7-5-9-21(30-2)23(16)32-25(20)28/h4-14H,1-3H3,(H,26,27). The summed E-state index contributed by atoms with van der Waals surface area (Å²) in [5.74, 6) is 1.17. The Bertz CT molecular complexity index is 1360. The van der Waals surface area contributed by atoms with Gasteiger partial charge < -0.3 is 23.9 Å². The Balaban J connectivity index is 1.65. The Labute approximate surface area is 184 Å². The van der Waals surface area contributed by atoms with Crippen molar-refractivity contribution in [2.24, 2.45) is 0 Å². The molecule has 162 valence electrons. The van der Waals surface area contributed by atoms with Gasteiger partial charge in [0.1, 0.15) is 17.1 Å². The Morgan fingerprint density at radius 1 is 0.844 bits per heavy atom. The number of benzene rings is 3. The van der Waals surface area contributed by atoms with Crippen LogP contribution in [0, 0.1) is 0 Å². The number of nitrogens with one attached hydrogen (secondary N) is 1. The molecule has 7 nitrogen and oxygen atoms in total. The number of ether oxygens (including phenoxy) is 3. The second-order valence-corrected chi connectivity index (χ2v) is 6.93. The van der Waals surface area contributed by atoms with Crippen molar-refractivity contribution in [3.8, 4) is 28.4 Å². The first-order valence-corrected chi connectivity index (χ1v) is 9.78. The summed E-state index contributed by atoms with van der Waals surface area (Å²) in [6.07, 6.45) is 0. The van der Waals surface area contributed by atoms with E-state index in [4.69, 9.17) is 18.6 Å². The number of carbonyl (C=O) groups is 1. The van der Waals surface area contributed by atoms with E-state index < -0.39 is 11.5 Å². The van der Waals surface area contributed by atoms with Crippen LogP contribution in [0.25, 0.3) is 22.1 Å². The third kappa shape index (κ3) is 4.00. The maximum Gasteiger partial charge on any atom is 0.349 e. The van der Waals surface area contributed by atoms with E-state index >= 15 is 0 Å². The molecular weight excluding hydrogens is 410 g/mol. The Morgan fingerprint density at radius 3 is 2.38 bits per heavy atom. The van der Waals surface area contributed by atoms with Crippen LogP contribution in [-0.4, -0.2) is 27.2 Å². The number of para-hydroxylation sites is 1. The number of hydrogen-bond acceptors (Lipinski definition) is 6. The summed E-state index contributed by atoms with van der Waals surface area (Å²) in [4.78, 5) is 25.3. The van der Waals surface area contributed by atoms with Gasteiger partial charge in [0.05, 0.1) is 21.3 Å². The molecule has 0 aliphatic carbocycles. The first kappa shape index (κ1) is 21.0. The zero-order chi connectivity index (χ0) is 22.7. The third-order valence-electron chi connectivity index (χ3n) is 5.03. The summed E-state index contributed by atoms with van der Waals surface area (Å²) in [7, 11) is 4.65. The average Bonchev–Trinajstić information content (AvgIpc) is 2.82. The monoisotopic (exact) mass is 431 g/mol. The summed E-state index contributed by atoms with van der Waals surface area (Å²) >= 11 is 0. The molecule has 32 heavy (non-hydrogen) atoms. The zero-order valence-corrected chi connectivity index (χ0v) is 17.8. The van der Waals surface area contributed by atoms with E-state index in [1.165, 1.54) is 13.2 Å². The molecule has 1 heterocycles. The largest absolute Gasteiger partial charge is 0.497 e. The first-order chi connectivity index (χ1) is 15.5. The number of carbonyl (C=O) groups excluding carboxylic acids is 1. The van der Waals surface area contributed by atoms with Gasteiger partial charge in [0, 0.05) is 22.7 Å². The molecule has 4 aromatic rings. The maximum atomic E-state index is 12.8. The van der Waals surface area contributed by atoms with Crippen LogP contribution in [0.1, 0.15) is 10.4 Å². The van der Waals surface area contributed by atoms with Crippen LogP contribution in [0.2, 0.25) is 0 Å². The van der Waals surface area contributed by atoms with E-state index in [2.05, 4.69) is 5.32 Å². The smallest absolute Gasteiger partial charge is 0.349 e. The van der Waals surface area contributed by atoms with E-state index in [-0.39, 0.29) is 5.56 Å². The van der Waals surface area contributed by atoms with Gasteiger partial charge in [0.15, 0.2) is 11.3 Å². The normalized spacial score (nSPS) is 10.6. The molecule has 3 aromatic carbocycles. The molecular formula is C25H21NO6. The van der Waals surface area contributed by atoms with Crippen LogP contribution in [-0.2, 0) is 0 Å². The molecule has 0 atom stereocenters. The summed E-state index contributed by atoms with van der Waals surface area (Å²) in [6.45, 7) is 0. The molecule has 0 unspecified atom stereocenters. The van der Waals surface area contributed by atoms with Crippen LogP contribution in [0.5, 0.6) is 17.2 Å². The van der Waals surface area contributed by atoms with Crippen LogP contribution < -0.4 is 25.2 Å². The summed E-state index contributed by atoms with van der Waals surface area (Å²) in [6, 6.07) is 19.4. The number of anilines is 1. The molecule has 0 saturated heterocycles. The van der Waals surface area contributed by atoms with E-state index in [1.54, 1.807) is 50.6 Å². The lowest BCUT2D eigenvalue weighted by Gasteiger charge is -2.12. The van der Waals surface area contributed by atoms with E-state index in [1.807, 2.05) is 24.3 Å². The van der Waals surface area contributed by atoms with Gasteiger partial charge in [-0.2, -0.15) is 0 Å². The second-order valence-electron chi connectivity index (χ2n) is 6.93. The van der Waals surface area contributed by atoms with Crippen molar-refractivity contribution >= 4 is 22.6 Å². The quantitative estimate of drug-likeness (QED) is 0.444. The molecule has 0 spiro atoms. The topological polar surface area (TPSA) is 87.0 Å². The molecule has 0 aliphatic rings. The second kappa shape index (κ2) is 8.85.